The Morgan fingerprint density at radius 2 is 1.14 bits per heavy atom. The number of ether oxygens (including phenoxy) is 1. The van der Waals surface area contributed by atoms with Crippen LogP contribution < -0.4 is 0 Å². The first-order chi connectivity index (χ1) is 17.6. The quantitative estimate of drug-likeness (QED) is 0.0723. The van der Waals surface area contributed by atoms with Crippen LogP contribution in [0.1, 0.15) is 149 Å². The maximum Gasteiger partial charge on any atom is 0.306 e. The number of carboxylic acids is 1. The Kier molecular flexibility index (Phi) is 26.3. The minimum absolute atomic E-state index is 0.0680. The van der Waals surface area contributed by atoms with Gasteiger partial charge in [0.05, 0.1) is 0 Å². The summed E-state index contributed by atoms with van der Waals surface area (Å²) in [5, 5.41) is 8.71. The number of aliphatic carboxylic acids is 1. The van der Waals surface area contributed by atoms with Gasteiger partial charge in [-0.2, -0.15) is 0 Å². The Bertz CT molecular complexity index is 591. The third kappa shape index (κ3) is 26.8. The zero-order valence-corrected chi connectivity index (χ0v) is 23.6. The second kappa shape index (κ2) is 27.7. The van der Waals surface area contributed by atoms with E-state index in [-0.39, 0.29) is 18.5 Å². The number of esters is 1. The first-order valence-corrected chi connectivity index (χ1v) is 15.0. The fourth-order valence-corrected chi connectivity index (χ4v) is 4.17. The highest BCUT2D eigenvalue weighted by molar-refractivity contribution is 5.69. The summed E-state index contributed by atoms with van der Waals surface area (Å²) in [6.07, 6.45) is 34.5. The van der Waals surface area contributed by atoms with Crippen LogP contribution in [0.25, 0.3) is 0 Å². The Hall–Kier alpha value is -1.84. The molecule has 1 N–H and O–H groups in total. The van der Waals surface area contributed by atoms with E-state index in [9.17, 15) is 9.59 Å². The monoisotopic (exact) mass is 504 g/mol. The molecule has 0 aliphatic heterocycles. The number of carboxylic acid groups (broad SMARTS) is 1. The van der Waals surface area contributed by atoms with E-state index in [0.717, 1.165) is 77.0 Å². The average Bonchev–Trinajstić information content (AvgIpc) is 2.85. The fourth-order valence-electron chi connectivity index (χ4n) is 4.17. The molecular weight excluding hydrogens is 448 g/mol. The molecule has 4 heteroatoms. The number of rotatable bonds is 26. The first-order valence-electron chi connectivity index (χ1n) is 15.0. The summed E-state index contributed by atoms with van der Waals surface area (Å²) >= 11 is 0. The molecule has 0 aromatic heterocycles. The third-order valence-electron chi connectivity index (χ3n) is 6.36. The van der Waals surface area contributed by atoms with E-state index in [4.69, 9.17) is 9.84 Å². The zero-order chi connectivity index (χ0) is 26.5. The highest BCUT2D eigenvalue weighted by atomic mass is 16.5. The van der Waals surface area contributed by atoms with E-state index >= 15 is 0 Å². The van der Waals surface area contributed by atoms with Crippen LogP contribution in [0, 0.1) is 0 Å². The lowest BCUT2D eigenvalue weighted by Crippen LogP contribution is -2.16. The second-order valence-electron chi connectivity index (χ2n) is 9.91. The molecule has 0 rings (SSSR count). The number of unbranched alkanes of at least 4 members (excludes halogenated alkanes) is 13. The van der Waals surface area contributed by atoms with Crippen molar-refractivity contribution in [1.82, 2.24) is 0 Å². The molecule has 0 aromatic carbocycles. The maximum absolute atomic E-state index is 12.4. The Morgan fingerprint density at radius 3 is 1.72 bits per heavy atom. The molecule has 0 saturated carbocycles. The van der Waals surface area contributed by atoms with Crippen molar-refractivity contribution in [3.8, 4) is 0 Å². The van der Waals surface area contributed by atoms with Gasteiger partial charge in [-0.05, 0) is 51.0 Å². The molecule has 208 valence electrons. The minimum atomic E-state index is -0.707. The lowest BCUT2D eigenvalue weighted by molar-refractivity contribution is -0.147. The molecule has 4 nitrogen and oxygen atoms in total. The molecule has 0 bridgehead atoms. The molecular formula is C32H56O4. The molecule has 0 heterocycles. The van der Waals surface area contributed by atoms with Crippen molar-refractivity contribution in [2.45, 2.75) is 155 Å². The van der Waals surface area contributed by atoms with Crippen molar-refractivity contribution in [3.05, 3.63) is 36.5 Å². The predicted octanol–water partition coefficient (Wildman–Crippen LogP) is 9.88. The van der Waals surface area contributed by atoms with Gasteiger partial charge in [0, 0.05) is 12.8 Å². The van der Waals surface area contributed by atoms with Gasteiger partial charge >= 0.3 is 11.9 Å². The SMILES string of the molecule is CC/C=C\C/C=C\C/C=C\C(CCCCCCCCC(=O)O)OC(=O)CCCCCCCCCCC. The molecule has 1 unspecified atom stereocenters. The topological polar surface area (TPSA) is 63.6 Å². The highest BCUT2D eigenvalue weighted by Crippen LogP contribution is 2.15. The number of carbonyl (C=O) groups is 2. The van der Waals surface area contributed by atoms with Crippen LogP contribution in [0.5, 0.6) is 0 Å². The Balaban J connectivity index is 4.24. The Labute approximate surface area is 222 Å². The van der Waals surface area contributed by atoms with Crippen molar-refractivity contribution in [1.29, 1.82) is 0 Å². The van der Waals surface area contributed by atoms with Gasteiger partial charge in [-0.15, -0.1) is 0 Å². The van der Waals surface area contributed by atoms with Gasteiger partial charge in [0.2, 0.25) is 0 Å². The maximum atomic E-state index is 12.4. The van der Waals surface area contributed by atoms with Crippen molar-refractivity contribution in [2.75, 3.05) is 0 Å². The fraction of sp³-hybridized carbons (Fsp3) is 0.750. The van der Waals surface area contributed by atoms with E-state index < -0.39 is 5.97 Å². The number of allylic oxidation sites excluding steroid dienone is 5. The van der Waals surface area contributed by atoms with Crippen LogP contribution in [0.3, 0.4) is 0 Å². The molecule has 0 spiro atoms. The normalized spacial score (nSPS) is 12.7. The third-order valence-corrected chi connectivity index (χ3v) is 6.36. The van der Waals surface area contributed by atoms with Gasteiger partial charge in [-0.1, -0.05) is 121 Å². The summed E-state index contributed by atoms with van der Waals surface area (Å²) in [6.45, 7) is 4.39. The summed E-state index contributed by atoms with van der Waals surface area (Å²) in [5.41, 5.74) is 0. The van der Waals surface area contributed by atoms with E-state index in [1.54, 1.807) is 0 Å². The molecule has 0 saturated heterocycles. The van der Waals surface area contributed by atoms with Crippen LogP contribution in [0.4, 0.5) is 0 Å². The Morgan fingerprint density at radius 1 is 0.639 bits per heavy atom. The molecule has 0 amide bonds. The smallest absolute Gasteiger partial charge is 0.306 e. The largest absolute Gasteiger partial charge is 0.481 e. The molecule has 0 aromatic rings. The van der Waals surface area contributed by atoms with Gasteiger partial charge in [-0.25, -0.2) is 0 Å². The van der Waals surface area contributed by atoms with Gasteiger partial charge in [0.25, 0.3) is 0 Å². The van der Waals surface area contributed by atoms with Crippen molar-refractivity contribution in [3.63, 3.8) is 0 Å². The van der Waals surface area contributed by atoms with Crippen LogP contribution in [0.2, 0.25) is 0 Å². The highest BCUT2D eigenvalue weighted by Gasteiger charge is 2.11. The molecule has 0 fully saturated rings. The summed E-state index contributed by atoms with van der Waals surface area (Å²) in [5.74, 6) is -0.775. The molecule has 36 heavy (non-hydrogen) atoms. The van der Waals surface area contributed by atoms with Crippen molar-refractivity contribution >= 4 is 11.9 Å². The molecule has 0 aliphatic rings. The second-order valence-corrected chi connectivity index (χ2v) is 9.91. The van der Waals surface area contributed by atoms with Gasteiger partial charge in [0.1, 0.15) is 6.10 Å². The van der Waals surface area contributed by atoms with E-state index in [2.05, 4.69) is 50.3 Å². The molecule has 1 atom stereocenters. The van der Waals surface area contributed by atoms with Crippen molar-refractivity contribution < 1.29 is 19.4 Å². The van der Waals surface area contributed by atoms with Crippen LogP contribution in [-0.2, 0) is 14.3 Å². The van der Waals surface area contributed by atoms with Gasteiger partial charge in [0.15, 0.2) is 0 Å². The summed E-state index contributed by atoms with van der Waals surface area (Å²) < 4.78 is 5.83. The van der Waals surface area contributed by atoms with E-state index in [1.807, 2.05) is 0 Å². The molecule has 0 radical (unpaired) electrons. The van der Waals surface area contributed by atoms with Crippen LogP contribution in [-0.4, -0.2) is 23.1 Å². The lowest BCUT2D eigenvalue weighted by atomic mass is 10.1. The van der Waals surface area contributed by atoms with Crippen molar-refractivity contribution in [2.24, 2.45) is 0 Å². The predicted molar refractivity (Wildman–Crippen MR) is 153 cm³/mol. The van der Waals surface area contributed by atoms with Gasteiger partial charge < -0.3 is 9.84 Å². The first kappa shape index (κ1) is 34.2. The summed E-state index contributed by atoms with van der Waals surface area (Å²) in [6, 6.07) is 0. The average molecular weight is 505 g/mol. The molecule has 0 aliphatic carbocycles. The summed E-state index contributed by atoms with van der Waals surface area (Å²) in [7, 11) is 0. The number of carbonyl (C=O) groups excluding carboxylic acids is 1. The van der Waals surface area contributed by atoms with E-state index in [0.29, 0.717) is 6.42 Å². The standard InChI is InChI=1S/C32H56O4/c1-3-5-7-9-11-13-15-21-25-29-32(35)36-30(26-22-18-14-12-10-8-6-4-2)27-23-19-16-17-20-24-28-31(33)34/h6,8,12,14,22,26,30H,3-5,7,9-11,13,15-21,23-25,27-29H2,1-2H3,(H,33,34)/b8-6-,14-12-,26-22-. The van der Waals surface area contributed by atoms with Gasteiger partial charge in [-0.3, -0.25) is 9.59 Å². The summed E-state index contributed by atoms with van der Waals surface area (Å²) in [4.78, 5) is 23.0. The lowest BCUT2D eigenvalue weighted by Gasteiger charge is -2.14. The number of hydrogen-bond acceptors (Lipinski definition) is 3. The minimum Gasteiger partial charge on any atom is -0.481 e. The van der Waals surface area contributed by atoms with E-state index in [1.165, 1.54) is 44.9 Å². The van der Waals surface area contributed by atoms with Crippen LogP contribution in [0.15, 0.2) is 36.5 Å². The zero-order valence-electron chi connectivity index (χ0n) is 23.6. The van der Waals surface area contributed by atoms with Crippen LogP contribution >= 0.6 is 0 Å². The number of hydrogen-bond donors (Lipinski definition) is 1.